The normalized spacial score (nSPS) is 37.8. The Bertz CT molecular complexity index is 1120. The Morgan fingerprint density at radius 1 is 0.811 bits per heavy atom. The Balaban J connectivity index is 1.33. The van der Waals surface area contributed by atoms with Crippen molar-refractivity contribution in [3.05, 3.63) is 76.7 Å². The number of thioether (sulfide) groups is 1. The van der Waals surface area contributed by atoms with Crippen LogP contribution < -0.4 is 0 Å². The number of fused-ring (bicyclic) bond motifs is 2. The Labute approximate surface area is 232 Å². The predicted molar refractivity (Wildman–Crippen MR) is 166 cm³/mol. The van der Waals surface area contributed by atoms with Gasteiger partial charge in [-0.15, -0.1) is 11.8 Å². The van der Waals surface area contributed by atoms with Crippen LogP contribution in [0.15, 0.2) is 65.6 Å². The number of hydrogen-bond donors (Lipinski definition) is 0. The molecule has 1 heterocycles. The minimum atomic E-state index is -1.56. The fourth-order valence-electron chi connectivity index (χ4n) is 10.4. The molecular formula is C35H48SSi. The van der Waals surface area contributed by atoms with E-state index in [9.17, 15) is 0 Å². The second kappa shape index (κ2) is 10.1. The Morgan fingerprint density at radius 2 is 1.49 bits per heavy atom. The fraction of sp³-hybridized carbons (Fsp3) is 0.600. The zero-order valence-corrected chi connectivity index (χ0v) is 25.8. The van der Waals surface area contributed by atoms with E-state index < -0.39 is 8.07 Å². The molecule has 6 rings (SSSR count). The van der Waals surface area contributed by atoms with Gasteiger partial charge in [0.25, 0.3) is 0 Å². The summed E-state index contributed by atoms with van der Waals surface area (Å²) in [5, 5.41) is 0.809. The van der Waals surface area contributed by atoms with Gasteiger partial charge in [0.15, 0.2) is 0 Å². The van der Waals surface area contributed by atoms with E-state index in [0.717, 1.165) is 57.8 Å². The summed E-state index contributed by atoms with van der Waals surface area (Å²) in [4.78, 5) is 1.62. The first-order chi connectivity index (χ1) is 17.8. The van der Waals surface area contributed by atoms with Crippen LogP contribution in [0.2, 0.25) is 24.2 Å². The third-order valence-corrected chi connectivity index (χ3v) is 18.5. The standard InChI is InChI=1S/C35H48SSi/c1-22(2)29-21-31-32(26-16-11-8-12-17-26)24(4)36-33(31)35(29)37(5,6)34-23(3)20-30-27(18-13-19-28(30)34)25-14-9-7-10-15-25/h7-12,14-17,22-23,27-31,33-35H,13,18-21H2,1-6H3. The van der Waals surface area contributed by atoms with Gasteiger partial charge < -0.3 is 0 Å². The summed E-state index contributed by atoms with van der Waals surface area (Å²) in [6, 6.07) is 23.0. The van der Waals surface area contributed by atoms with Gasteiger partial charge in [0.05, 0.1) is 8.07 Å². The highest BCUT2D eigenvalue weighted by Crippen LogP contribution is 2.69. The summed E-state index contributed by atoms with van der Waals surface area (Å²) >= 11 is 2.30. The van der Waals surface area contributed by atoms with E-state index in [4.69, 9.17) is 0 Å². The first kappa shape index (κ1) is 26.0. The lowest BCUT2D eigenvalue weighted by molar-refractivity contribution is 0.235. The van der Waals surface area contributed by atoms with Crippen molar-refractivity contribution < 1.29 is 0 Å². The SMILES string of the molecule is CC1=C(c2ccccc2)C2CC(C(C)C)C([Si](C)(C)C3C(C)CC4C(c5ccccc5)CCCC43)C2S1. The first-order valence-corrected chi connectivity index (χ1v) is 19.3. The molecule has 198 valence electrons. The molecule has 0 saturated heterocycles. The molecule has 4 aliphatic rings. The molecule has 0 bridgehead atoms. The molecule has 0 nitrogen and oxygen atoms in total. The molecule has 9 atom stereocenters. The maximum atomic E-state index is 2.86. The largest absolute Gasteiger partial charge is 0.127 e. The molecular weight excluding hydrogens is 481 g/mol. The summed E-state index contributed by atoms with van der Waals surface area (Å²) in [5.41, 5.74) is 6.74. The van der Waals surface area contributed by atoms with E-state index in [2.05, 4.69) is 113 Å². The molecule has 0 spiro atoms. The lowest BCUT2D eigenvalue weighted by Crippen LogP contribution is -2.48. The quantitative estimate of drug-likeness (QED) is 0.348. The summed E-state index contributed by atoms with van der Waals surface area (Å²) in [6.45, 7) is 15.9. The molecule has 37 heavy (non-hydrogen) atoms. The van der Waals surface area contributed by atoms with Gasteiger partial charge in [-0.1, -0.05) is 107 Å². The van der Waals surface area contributed by atoms with Crippen molar-refractivity contribution >= 4 is 25.4 Å². The van der Waals surface area contributed by atoms with E-state index in [1.165, 1.54) is 37.7 Å². The molecule has 2 aromatic rings. The van der Waals surface area contributed by atoms with Crippen LogP contribution in [0.25, 0.3) is 5.57 Å². The van der Waals surface area contributed by atoms with Gasteiger partial charge in [-0.05, 0) is 100 Å². The van der Waals surface area contributed by atoms with E-state index in [1.807, 2.05) is 0 Å². The summed E-state index contributed by atoms with van der Waals surface area (Å²) in [5.74, 6) is 5.98. The van der Waals surface area contributed by atoms with Gasteiger partial charge in [0.2, 0.25) is 0 Å². The van der Waals surface area contributed by atoms with Crippen molar-refractivity contribution in [1.29, 1.82) is 0 Å². The Morgan fingerprint density at radius 3 is 2.16 bits per heavy atom. The second-order valence-electron chi connectivity index (χ2n) is 14.0. The molecule has 3 saturated carbocycles. The van der Waals surface area contributed by atoms with Crippen LogP contribution in [0, 0.1) is 35.5 Å². The molecule has 0 amide bonds. The monoisotopic (exact) mass is 528 g/mol. The van der Waals surface area contributed by atoms with Gasteiger partial charge in [-0.3, -0.25) is 0 Å². The van der Waals surface area contributed by atoms with Gasteiger partial charge >= 0.3 is 0 Å². The minimum absolute atomic E-state index is 0.757. The predicted octanol–water partition coefficient (Wildman–Crippen LogP) is 10.5. The van der Waals surface area contributed by atoms with E-state index in [-0.39, 0.29) is 0 Å². The van der Waals surface area contributed by atoms with Crippen LogP contribution in [-0.2, 0) is 0 Å². The van der Waals surface area contributed by atoms with Crippen LogP contribution in [-0.4, -0.2) is 13.3 Å². The summed E-state index contributed by atoms with van der Waals surface area (Å²) in [6.07, 6.45) is 7.23. The van der Waals surface area contributed by atoms with Crippen molar-refractivity contribution in [2.24, 2.45) is 35.5 Å². The van der Waals surface area contributed by atoms with Gasteiger partial charge in [-0.25, -0.2) is 0 Å². The maximum Gasteiger partial charge on any atom is 0.0556 e. The number of hydrogen-bond acceptors (Lipinski definition) is 1. The third-order valence-electron chi connectivity index (χ3n) is 11.5. The Hall–Kier alpha value is -1.25. The molecule has 3 aliphatic carbocycles. The highest BCUT2D eigenvalue weighted by atomic mass is 32.2. The number of rotatable bonds is 5. The minimum Gasteiger partial charge on any atom is -0.127 e. The topological polar surface area (TPSA) is 0 Å². The molecule has 2 heteroatoms. The molecule has 9 unspecified atom stereocenters. The van der Waals surface area contributed by atoms with Crippen LogP contribution in [0.5, 0.6) is 0 Å². The van der Waals surface area contributed by atoms with Crippen molar-refractivity contribution in [1.82, 2.24) is 0 Å². The van der Waals surface area contributed by atoms with Crippen LogP contribution in [0.1, 0.15) is 76.8 Å². The fourth-order valence-corrected chi connectivity index (χ4v) is 19.5. The summed E-state index contributed by atoms with van der Waals surface area (Å²) < 4.78 is 0. The van der Waals surface area contributed by atoms with E-state index >= 15 is 0 Å². The van der Waals surface area contributed by atoms with Crippen LogP contribution in [0.3, 0.4) is 0 Å². The van der Waals surface area contributed by atoms with Crippen molar-refractivity contribution in [3.63, 3.8) is 0 Å². The van der Waals surface area contributed by atoms with E-state index in [0.29, 0.717) is 0 Å². The first-order valence-electron chi connectivity index (χ1n) is 15.3. The second-order valence-corrected chi connectivity index (χ2v) is 20.4. The molecule has 1 aliphatic heterocycles. The van der Waals surface area contributed by atoms with Crippen molar-refractivity contribution in [2.45, 2.75) is 95.1 Å². The summed E-state index contributed by atoms with van der Waals surface area (Å²) in [7, 11) is -1.56. The highest BCUT2D eigenvalue weighted by Gasteiger charge is 2.61. The van der Waals surface area contributed by atoms with Gasteiger partial charge in [0.1, 0.15) is 0 Å². The smallest absolute Gasteiger partial charge is 0.0556 e. The lowest BCUT2D eigenvalue weighted by atomic mass is 9.71. The number of allylic oxidation sites excluding steroid dienone is 2. The maximum absolute atomic E-state index is 2.86. The van der Waals surface area contributed by atoms with Gasteiger partial charge in [-0.2, -0.15) is 0 Å². The molecule has 3 fully saturated rings. The lowest BCUT2D eigenvalue weighted by Gasteiger charge is -2.48. The third kappa shape index (κ3) is 4.33. The average Bonchev–Trinajstić information content (AvgIpc) is 3.53. The van der Waals surface area contributed by atoms with Crippen molar-refractivity contribution in [3.8, 4) is 0 Å². The molecule has 0 N–H and O–H groups in total. The molecule has 2 aromatic carbocycles. The van der Waals surface area contributed by atoms with Crippen molar-refractivity contribution in [2.75, 3.05) is 0 Å². The van der Waals surface area contributed by atoms with Crippen LogP contribution in [0.4, 0.5) is 0 Å². The van der Waals surface area contributed by atoms with E-state index in [1.54, 1.807) is 16.0 Å². The zero-order chi connectivity index (χ0) is 25.9. The highest BCUT2D eigenvalue weighted by molar-refractivity contribution is 8.04. The van der Waals surface area contributed by atoms with Gasteiger partial charge in [0, 0.05) is 5.25 Å². The Kier molecular flexibility index (Phi) is 7.06. The zero-order valence-electron chi connectivity index (χ0n) is 24.0. The number of benzene rings is 2. The molecule has 0 aromatic heterocycles. The average molecular weight is 529 g/mol. The van der Waals surface area contributed by atoms with Crippen LogP contribution >= 0.6 is 11.8 Å². The molecule has 0 radical (unpaired) electrons.